The van der Waals surface area contributed by atoms with Crippen molar-refractivity contribution in [2.24, 2.45) is 0 Å². The van der Waals surface area contributed by atoms with E-state index in [1.807, 2.05) is 29.2 Å². The molecule has 1 aliphatic heterocycles. The van der Waals surface area contributed by atoms with Gasteiger partial charge in [-0.25, -0.2) is 4.98 Å². The zero-order valence-corrected chi connectivity index (χ0v) is 17.0. The maximum absolute atomic E-state index is 12.9. The number of carbonyl (C=O) groups is 1. The van der Waals surface area contributed by atoms with Crippen molar-refractivity contribution in [3.63, 3.8) is 0 Å². The number of benzene rings is 2. The minimum Gasteiger partial charge on any atom is -0.496 e. The summed E-state index contributed by atoms with van der Waals surface area (Å²) in [6.07, 6.45) is 2.08. The number of aromatic nitrogens is 1. The SMILES string of the molecule is COc1ccccc1C(=O)N1CCN(c2nc3c(SC)cccc3s2)CC1. The number of fused-ring (bicyclic) bond motifs is 1. The number of carbonyl (C=O) groups excluding carboxylic acids is 1. The highest BCUT2D eigenvalue weighted by molar-refractivity contribution is 7.98. The Bertz CT molecular complexity index is 965. The lowest BCUT2D eigenvalue weighted by atomic mass is 10.1. The second kappa shape index (κ2) is 7.78. The van der Waals surface area contributed by atoms with E-state index in [4.69, 9.17) is 9.72 Å². The van der Waals surface area contributed by atoms with E-state index in [1.54, 1.807) is 30.2 Å². The van der Waals surface area contributed by atoms with Gasteiger partial charge in [-0.05, 0) is 30.5 Å². The van der Waals surface area contributed by atoms with Crippen molar-refractivity contribution in [2.45, 2.75) is 4.90 Å². The van der Waals surface area contributed by atoms with Gasteiger partial charge >= 0.3 is 0 Å². The molecule has 2 heterocycles. The highest BCUT2D eigenvalue weighted by Gasteiger charge is 2.25. The number of piperazine rings is 1. The lowest BCUT2D eigenvalue weighted by molar-refractivity contribution is 0.0743. The fraction of sp³-hybridized carbons (Fsp3) is 0.300. The Morgan fingerprint density at radius 1 is 1.11 bits per heavy atom. The molecule has 2 aromatic carbocycles. The van der Waals surface area contributed by atoms with Crippen molar-refractivity contribution in [2.75, 3.05) is 44.4 Å². The average Bonchev–Trinajstić information content (AvgIpc) is 3.17. The molecular formula is C20H21N3O2S2. The topological polar surface area (TPSA) is 45.7 Å². The molecule has 1 aromatic heterocycles. The summed E-state index contributed by atoms with van der Waals surface area (Å²) < 4.78 is 6.55. The molecule has 0 atom stereocenters. The van der Waals surface area contributed by atoms with Gasteiger partial charge < -0.3 is 14.5 Å². The van der Waals surface area contributed by atoms with Gasteiger partial charge in [-0.15, -0.1) is 11.8 Å². The van der Waals surface area contributed by atoms with Crippen LogP contribution in [0.3, 0.4) is 0 Å². The number of amides is 1. The van der Waals surface area contributed by atoms with Crippen LogP contribution in [0.25, 0.3) is 10.2 Å². The standard InChI is InChI=1S/C20H21N3O2S2/c1-25-15-7-4-3-6-14(15)19(24)22-10-12-23(13-11-22)20-21-18-16(26-2)8-5-9-17(18)27-20/h3-9H,10-13H2,1-2H3. The van der Waals surface area contributed by atoms with Crippen LogP contribution in [0.15, 0.2) is 47.4 Å². The number of thioether (sulfide) groups is 1. The summed E-state index contributed by atoms with van der Waals surface area (Å²) in [5.74, 6) is 0.654. The molecule has 3 aromatic rings. The Balaban J connectivity index is 1.48. The highest BCUT2D eigenvalue weighted by Crippen LogP contribution is 2.34. The summed E-state index contributed by atoms with van der Waals surface area (Å²) in [5, 5.41) is 1.04. The smallest absolute Gasteiger partial charge is 0.257 e. The van der Waals surface area contributed by atoms with Gasteiger partial charge in [-0.2, -0.15) is 0 Å². The first-order valence-corrected chi connectivity index (χ1v) is 10.9. The molecule has 0 N–H and O–H groups in total. The van der Waals surface area contributed by atoms with Gasteiger partial charge in [-0.1, -0.05) is 29.5 Å². The molecule has 140 valence electrons. The number of hydrogen-bond acceptors (Lipinski definition) is 6. The second-order valence-corrected chi connectivity index (χ2v) is 8.14. The van der Waals surface area contributed by atoms with Crippen LogP contribution in [0.5, 0.6) is 5.75 Å². The summed E-state index contributed by atoms with van der Waals surface area (Å²) in [6.45, 7) is 2.94. The van der Waals surface area contributed by atoms with Gasteiger partial charge in [0.2, 0.25) is 0 Å². The normalized spacial score (nSPS) is 14.6. The summed E-state index contributed by atoms with van der Waals surface area (Å²) in [4.78, 5) is 23.1. The van der Waals surface area contributed by atoms with E-state index in [1.165, 1.54) is 9.60 Å². The molecule has 0 bridgehead atoms. The molecule has 0 spiro atoms. The molecule has 1 saturated heterocycles. The molecule has 27 heavy (non-hydrogen) atoms. The molecule has 0 aliphatic carbocycles. The van der Waals surface area contributed by atoms with Crippen LogP contribution in [0, 0.1) is 0 Å². The number of anilines is 1. The predicted molar refractivity (Wildman–Crippen MR) is 113 cm³/mol. The van der Waals surface area contributed by atoms with Crippen molar-refractivity contribution < 1.29 is 9.53 Å². The monoisotopic (exact) mass is 399 g/mol. The number of hydrogen-bond donors (Lipinski definition) is 0. The van der Waals surface area contributed by atoms with Gasteiger partial charge in [-0.3, -0.25) is 4.79 Å². The number of rotatable bonds is 4. The van der Waals surface area contributed by atoms with Crippen LogP contribution in [-0.2, 0) is 0 Å². The van der Waals surface area contributed by atoms with Crippen molar-refractivity contribution >= 4 is 44.4 Å². The van der Waals surface area contributed by atoms with Crippen LogP contribution in [-0.4, -0.2) is 55.3 Å². The number of ether oxygens (including phenoxy) is 1. The first kappa shape index (κ1) is 18.1. The van der Waals surface area contributed by atoms with E-state index in [0.29, 0.717) is 24.4 Å². The van der Waals surface area contributed by atoms with Gasteiger partial charge in [0.25, 0.3) is 5.91 Å². The van der Waals surface area contributed by atoms with Crippen molar-refractivity contribution in [1.82, 2.24) is 9.88 Å². The Labute approximate surface area is 166 Å². The van der Waals surface area contributed by atoms with E-state index >= 15 is 0 Å². The Kier molecular flexibility index (Phi) is 5.22. The zero-order chi connectivity index (χ0) is 18.8. The molecule has 0 radical (unpaired) electrons. The van der Waals surface area contributed by atoms with Gasteiger partial charge in [0.15, 0.2) is 5.13 Å². The minimum atomic E-state index is 0.0288. The van der Waals surface area contributed by atoms with E-state index in [-0.39, 0.29) is 5.91 Å². The highest BCUT2D eigenvalue weighted by atomic mass is 32.2. The molecule has 0 saturated carbocycles. The molecule has 1 fully saturated rings. The molecule has 7 heteroatoms. The minimum absolute atomic E-state index is 0.0288. The lowest BCUT2D eigenvalue weighted by Crippen LogP contribution is -2.48. The molecule has 1 aliphatic rings. The second-order valence-electron chi connectivity index (χ2n) is 6.28. The van der Waals surface area contributed by atoms with Crippen LogP contribution in [0.4, 0.5) is 5.13 Å². The van der Waals surface area contributed by atoms with Gasteiger partial charge in [0.05, 0.1) is 22.9 Å². The van der Waals surface area contributed by atoms with E-state index in [2.05, 4.69) is 29.4 Å². The average molecular weight is 400 g/mol. The third kappa shape index (κ3) is 3.49. The molecule has 1 amide bonds. The van der Waals surface area contributed by atoms with Crippen molar-refractivity contribution in [3.05, 3.63) is 48.0 Å². The van der Waals surface area contributed by atoms with Crippen molar-refractivity contribution in [3.8, 4) is 5.75 Å². The van der Waals surface area contributed by atoms with Crippen LogP contribution >= 0.6 is 23.1 Å². The predicted octanol–water partition coefficient (Wildman–Crippen LogP) is 3.99. The van der Waals surface area contributed by atoms with Crippen LogP contribution in [0.1, 0.15) is 10.4 Å². The summed E-state index contributed by atoms with van der Waals surface area (Å²) in [7, 11) is 1.60. The summed E-state index contributed by atoms with van der Waals surface area (Å²) in [6, 6.07) is 13.7. The van der Waals surface area contributed by atoms with E-state index in [9.17, 15) is 4.79 Å². The van der Waals surface area contributed by atoms with Crippen LogP contribution in [0.2, 0.25) is 0 Å². The number of nitrogens with zero attached hydrogens (tertiary/aromatic N) is 3. The molecular weight excluding hydrogens is 378 g/mol. The summed E-state index contributed by atoms with van der Waals surface area (Å²) >= 11 is 3.45. The first-order valence-electron chi connectivity index (χ1n) is 8.82. The lowest BCUT2D eigenvalue weighted by Gasteiger charge is -2.34. The van der Waals surface area contributed by atoms with Crippen molar-refractivity contribution in [1.29, 1.82) is 0 Å². The Morgan fingerprint density at radius 3 is 2.63 bits per heavy atom. The number of para-hydroxylation sites is 2. The number of methoxy groups -OCH3 is 1. The fourth-order valence-corrected chi connectivity index (χ4v) is 4.98. The first-order chi connectivity index (χ1) is 13.2. The van der Waals surface area contributed by atoms with Gasteiger partial charge in [0.1, 0.15) is 5.75 Å². The molecule has 0 unspecified atom stereocenters. The fourth-order valence-electron chi connectivity index (χ4n) is 3.30. The maximum atomic E-state index is 12.9. The quantitative estimate of drug-likeness (QED) is 0.621. The van der Waals surface area contributed by atoms with Crippen LogP contribution < -0.4 is 9.64 Å². The molecule has 4 rings (SSSR count). The number of thiazole rings is 1. The Morgan fingerprint density at radius 2 is 1.89 bits per heavy atom. The largest absolute Gasteiger partial charge is 0.496 e. The maximum Gasteiger partial charge on any atom is 0.257 e. The summed E-state index contributed by atoms with van der Waals surface area (Å²) in [5.41, 5.74) is 1.70. The third-order valence-electron chi connectivity index (χ3n) is 4.77. The van der Waals surface area contributed by atoms with Gasteiger partial charge in [0, 0.05) is 31.1 Å². The third-order valence-corrected chi connectivity index (χ3v) is 6.62. The van der Waals surface area contributed by atoms with E-state index in [0.717, 1.165) is 23.7 Å². The molecule has 5 nitrogen and oxygen atoms in total. The Hall–Kier alpha value is -2.25. The van der Waals surface area contributed by atoms with E-state index < -0.39 is 0 Å². The zero-order valence-electron chi connectivity index (χ0n) is 15.3.